The molecule has 1 amide bonds. The van der Waals surface area contributed by atoms with Crippen molar-refractivity contribution < 1.29 is 14.3 Å². The van der Waals surface area contributed by atoms with Crippen LogP contribution >= 0.6 is 42.1 Å². The molecule has 1 fully saturated rings. The number of amides is 1. The summed E-state index contributed by atoms with van der Waals surface area (Å²) in [5.74, 6) is 2.53. The second-order valence-corrected chi connectivity index (χ2v) is 4.91. The lowest BCUT2D eigenvalue weighted by Gasteiger charge is -2.03. The van der Waals surface area contributed by atoms with Gasteiger partial charge in [0.15, 0.2) is 0 Å². The number of halogens is 1. The molecule has 0 unspecified atom stereocenters. The molecule has 19 heavy (non-hydrogen) atoms. The van der Waals surface area contributed by atoms with E-state index in [1.807, 2.05) is 48.6 Å². The lowest BCUT2D eigenvalue weighted by molar-refractivity contribution is -0.128. The van der Waals surface area contributed by atoms with Crippen molar-refractivity contribution in [2.45, 2.75) is 34.6 Å². The highest BCUT2D eigenvalue weighted by molar-refractivity contribution is 14.2. The molecule has 8 heteroatoms. The first-order valence-corrected chi connectivity index (χ1v) is 10.6. The lowest BCUT2D eigenvalue weighted by Crippen LogP contribution is -2.05. The van der Waals surface area contributed by atoms with Gasteiger partial charge in [0, 0.05) is 33.5 Å². The number of rotatable bonds is 3. The molecule has 0 atom stereocenters. The molecule has 1 saturated heterocycles. The van der Waals surface area contributed by atoms with Crippen LogP contribution < -0.4 is 5.73 Å². The first-order valence-electron chi connectivity index (χ1n) is 6.08. The Morgan fingerprint density at radius 2 is 1.84 bits per heavy atom. The summed E-state index contributed by atoms with van der Waals surface area (Å²) in [6.45, 7) is 11.9. The summed E-state index contributed by atoms with van der Waals surface area (Å²) in [6.07, 6.45) is 0.250. The van der Waals surface area contributed by atoms with Crippen LogP contribution in [0.5, 0.6) is 0 Å². The van der Waals surface area contributed by atoms with Gasteiger partial charge in [0.2, 0.25) is 6.41 Å². The van der Waals surface area contributed by atoms with Crippen molar-refractivity contribution >= 4 is 55.0 Å². The Kier molecular flexibility index (Phi) is 52.7. The number of carbonyl (C=O) groups excluding carboxylic acids is 2. The molecule has 1 aliphatic rings. The molecular weight excluding hydrogens is 399 g/mol. The summed E-state index contributed by atoms with van der Waals surface area (Å²) >= 11 is 4.33. The minimum Gasteiger partial charge on any atom is -0.468 e. The van der Waals surface area contributed by atoms with Gasteiger partial charge in [0.05, 0.1) is 12.5 Å². The van der Waals surface area contributed by atoms with Crippen LogP contribution in [0.3, 0.4) is 0 Å². The topological polar surface area (TPSA) is 72.6 Å². The highest BCUT2D eigenvalue weighted by atomic mass is 127. The fraction of sp³-hybridized carbons (Fsp3) is 0.818. The monoisotopic (exact) mass is 426 g/mol. The van der Waals surface area contributed by atoms with Gasteiger partial charge in [-0.2, -0.15) is 0 Å². The smallest absolute Gasteiger partial charge is 0.293 e. The number of carbonyl (C=O) groups is 2. The molecular formula is C11H27IN2O3S2. The molecule has 2 N–H and O–H groups in total. The third kappa shape index (κ3) is 38.1. The van der Waals surface area contributed by atoms with E-state index in [1.165, 1.54) is 18.2 Å². The summed E-state index contributed by atoms with van der Waals surface area (Å²) in [6, 6.07) is 0. The zero-order valence-electron chi connectivity index (χ0n) is 12.4. The number of hydrogen-bond acceptors (Lipinski definition) is 6. The number of hydrogen-bond donors (Lipinski definition) is 1. The Hall–Kier alpha value is 0.330. The molecule has 0 spiro atoms. The van der Waals surface area contributed by atoms with Crippen LogP contribution in [0.4, 0.5) is 0 Å². The molecule has 0 aromatic rings. The van der Waals surface area contributed by atoms with Crippen molar-refractivity contribution in [2.24, 2.45) is 5.73 Å². The minimum atomic E-state index is 0.250. The van der Waals surface area contributed by atoms with Crippen molar-refractivity contribution in [1.82, 2.24) is 4.31 Å². The second kappa shape index (κ2) is 36.2. The van der Waals surface area contributed by atoms with Gasteiger partial charge in [0.25, 0.3) is 6.47 Å². The number of nitrogens with two attached hydrogens (primary N) is 1. The average molecular weight is 426 g/mol. The Morgan fingerprint density at radius 1 is 1.37 bits per heavy atom. The van der Waals surface area contributed by atoms with Crippen LogP contribution in [0.2, 0.25) is 0 Å². The molecule has 1 heterocycles. The van der Waals surface area contributed by atoms with Crippen molar-refractivity contribution in [2.75, 3.05) is 24.8 Å². The SMILES string of the molecule is CC.CC.CCOC=O.ISN1CCSC1.NC=O. The normalized spacial score (nSPS) is 11.7. The fourth-order valence-electron chi connectivity index (χ4n) is 0.520. The van der Waals surface area contributed by atoms with E-state index in [-0.39, 0.29) is 6.41 Å². The molecule has 0 saturated carbocycles. The van der Waals surface area contributed by atoms with Crippen molar-refractivity contribution in [3.63, 3.8) is 0 Å². The zero-order chi connectivity index (χ0) is 15.9. The van der Waals surface area contributed by atoms with E-state index in [9.17, 15) is 4.79 Å². The number of primary amides is 1. The van der Waals surface area contributed by atoms with E-state index in [0.717, 1.165) is 0 Å². The van der Waals surface area contributed by atoms with Crippen molar-refractivity contribution in [3.05, 3.63) is 0 Å². The molecule has 0 aromatic carbocycles. The number of ether oxygens (including phenoxy) is 1. The zero-order valence-corrected chi connectivity index (χ0v) is 16.2. The van der Waals surface area contributed by atoms with Gasteiger partial charge in [-0.25, -0.2) is 4.31 Å². The Balaban J connectivity index is -0.0000000834. The van der Waals surface area contributed by atoms with E-state index in [4.69, 9.17) is 4.79 Å². The maximum atomic E-state index is 9.18. The maximum absolute atomic E-state index is 9.18. The first kappa shape index (κ1) is 27.6. The lowest BCUT2D eigenvalue weighted by atomic mass is 10.8. The Labute approximate surface area is 138 Å². The Morgan fingerprint density at radius 3 is 1.95 bits per heavy atom. The number of thioether (sulfide) groups is 1. The molecule has 0 bridgehead atoms. The Bertz CT molecular complexity index is 152. The average Bonchev–Trinajstić information content (AvgIpc) is 2.99. The summed E-state index contributed by atoms with van der Waals surface area (Å²) in [7, 11) is 1.81. The highest BCUT2D eigenvalue weighted by Crippen LogP contribution is 2.25. The predicted octanol–water partition coefficient (Wildman–Crippen LogP) is 3.32. The molecule has 1 aliphatic heterocycles. The van der Waals surface area contributed by atoms with E-state index in [2.05, 4.69) is 36.0 Å². The van der Waals surface area contributed by atoms with Crippen LogP contribution in [0.15, 0.2) is 0 Å². The summed E-state index contributed by atoms with van der Waals surface area (Å²) < 4.78 is 6.51. The summed E-state index contributed by atoms with van der Waals surface area (Å²) in [5.41, 5.74) is 4.17. The van der Waals surface area contributed by atoms with Gasteiger partial charge in [-0.3, -0.25) is 9.59 Å². The van der Waals surface area contributed by atoms with Crippen molar-refractivity contribution in [3.8, 4) is 0 Å². The van der Waals surface area contributed by atoms with Gasteiger partial charge in [0.1, 0.15) is 0 Å². The standard InChI is InChI=1S/C3H6INS2.C3H6O2.2C2H6.CH3NO/c4-7-5-1-2-6-3-5;1-2-5-3-4;2*1-2;2-1-3/h1-3H2;3H,2H2,1H3;2*1-2H3;1H,(H2,2,3). The molecule has 0 radical (unpaired) electrons. The fourth-order valence-corrected chi connectivity index (χ4v) is 3.60. The van der Waals surface area contributed by atoms with Crippen LogP contribution in [0.25, 0.3) is 0 Å². The van der Waals surface area contributed by atoms with Crippen LogP contribution in [-0.4, -0.2) is 42.0 Å². The molecule has 0 aliphatic carbocycles. The first-order chi connectivity index (χ1) is 9.26. The van der Waals surface area contributed by atoms with Gasteiger partial charge >= 0.3 is 0 Å². The quantitative estimate of drug-likeness (QED) is 0.424. The highest BCUT2D eigenvalue weighted by Gasteiger charge is 2.09. The van der Waals surface area contributed by atoms with E-state index >= 15 is 0 Å². The van der Waals surface area contributed by atoms with Crippen LogP contribution in [-0.2, 0) is 14.3 Å². The predicted molar refractivity (Wildman–Crippen MR) is 96.3 cm³/mol. The molecule has 1 rings (SSSR count). The van der Waals surface area contributed by atoms with Crippen LogP contribution in [0, 0.1) is 0 Å². The molecule has 5 nitrogen and oxygen atoms in total. The van der Waals surface area contributed by atoms with Crippen LogP contribution in [0.1, 0.15) is 34.6 Å². The molecule has 0 aromatic heterocycles. The van der Waals surface area contributed by atoms with E-state index < -0.39 is 0 Å². The minimum absolute atomic E-state index is 0.250. The van der Waals surface area contributed by atoms with E-state index in [0.29, 0.717) is 13.1 Å². The molecule has 118 valence electrons. The third-order valence-corrected chi connectivity index (χ3v) is 4.36. The maximum Gasteiger partial charge on any atom is 0.293 e. The number of nitrogens with zero attached hydrogens (tertiary/aromatic N) is 1. The summed E-state index contributed by atoms with van der Waals surface area (Å²) in [4.78, 5) is 17.8. The van der Waals surface area contributed by atoms with Gasteiger partial charge < -0.3 is 10.5 Å². The van der Waals surface area contributed by atoms with Gasteiger partial charge in [-0.05, 0) is 16.0 Å². The third-order valence-electron chi connectivity index (χ3n) is 1.05. The van der Waals surface area contributed by atoms with Gasteiger partial charge in [-0.1, -0.05) is 27.7 Å². The summed E-state index contributed by atoms with van der Waals surface area (Å²) in [5, 5.41) is 0. The van der Waals surface area contributed by atoms with Gasteiger partial charge in [-0.15, -0.1) is 11.8 Å². The second-order valence-electron chi connectivity index (χ2n) is 2.00. The van der Waals surface area contributed by atoms with E-state index in [1.54, 1.807) is 6.92 Å². The van der Waals surface area contributed by atoms with Crippen molar-refractivity contribution in [1.29, 1.82) is 0 Å². The largest absolute Gasteiger partial charge is 0.468 e.